The van der Waals surface area contributed by atoms with Gasteiger partial charge in [0.25, 0.3) is 5.91 Å². The van der Waals surface area contributed by atoms with Gasteiger partial charge in [-0.25, -0.2) is 4.79 Å². The Morgan fingerprint density at radius 2 is 1.75 bits per heavy atom. The van der Waals surface area contributed by atoms with Gasteiger partial charge in [-0.1, -0.05) is 24.3 Å². The average Bonchev–Trinajstić information content (AvgIpc) is 2.62. The molecular formula is C18H18N2O3S. The summed E-state index contributed by atoms with van der Waals surface area (Å²) in [6.45, 7) is 2.56. The van der Waals surface area contributed by atoms with E-state index in [0.717, 1.165) is 5.69 Å². The molecule has 2 aromatic carbocycles. The fourth-order valence-electron chi connectivity index (χ4n) is 2.19. The van der Waals surface area contributed by atoms with Gasteiger partial charge in [0.05, 0.1) is 12.7 Å². The number of thiocarbonyl (C=S) groups is 1. The van der Waals surface area contributed by atoms with E-state index in [0.29, 0.717) is 22.8 Å². The number of para-hydroxylation sites is 1. The molecule has 2 aromatic rings. The number of carbonyl (C=O) groups excluding carboxylic acids is 2. The number of nitrogens with zero attached hydrogens (tertiary/aromatic N) is 1. The second kappa shape index (κ2) is 8.21. The van der Waals surface area contributed by atoms with Gasteiger partial charge in [-0.2, -0.15) is 0 Å². The third-order valence-electron chi connectivity index (χ3n) is 3.40. The Morgan fingerprint density at radius 1 is 1.08 bits per heavy atom. The first-order valence-corrected chi connectivity index (χ1v) is 7.84. The highest BCUT2D eigenvalue weighted by molar-refractivity contribution is 7.80. The molecule has 2 rings (SSSR count). The largest absolute Gasteiger partial charge is 0.465 e. The maximum absolute atomic E-state index is 12.4. The SMILES string of the molecule is CCN(C(=S)NC(=O)c1cccc(C(=O)OC)c1)c1ccccc1. The second-order valence-corrected chi connectivity index (χ2v) is 5.30. The Balaban J connectivity index is 2.14. The number of nitrogens with one attached hydrogen (secondary N) is 1. The standard InChI is InChI=1S/C18H18N2O3S/c1-3-20(15-10-5-4-6-11-15)18(24)19-16(21)13-8-7-9-14(12-13)17(22)23-2/h4-12H,3H2,1-2H3,(H,19,21,24). The molecule has 0 aliphatic heterocycles. The molecule has 0 unspecified atom stereocenters. The van der Waals surface area contributed by atoms with E-state index in [-0.39, 0.29) is 5.91 Å². The van der Waals surface area contributed by atoms with Crippen LogP contribution >= 0.6 is 12.2 Å². The number of carbonyl (C=O) groups is 2. The summed E-state index contributed by atoms with van der Waals surface area (Å²) in [5.74, 6) is -0.869. The average molecular weight is 342 g/mol. The molecule has 0 fully saturated rings. The van der Waals surface area contributed by atoms with Crippen LogP contribution in [-0.4, -0.2) is 30.6 Å². The monoisotopic (exact) mass is 342 g/mol. The molecule has 0 radical (unpaired) electrons. The highest BCUT2D eigenvalue weighted by Gasteiger charge is 2.15. The molecule has 5 nitrogen and oxygen atoms in total. The summed E-state index contributed by atoms with van der Waals surface area (Å²) in [7, 11) is 1.29. The van der Waals surface area contributed by atoms with Gasteiger partial charge in [-0.3, -0.25) is 10.1 Å². The van der Waals surface area contributed by atoms with Crippen LogP contribution in [-0.2, 0) is 4.74 Å². The van der Waals surface area contributed by atoms with Gasteiger partial charge in [-0.15, -0.1) is 0 Å². The van der Waals surface area contributed by atoms with E-state index in [2.05, 4.69) is 10.1 Å². The Morgan fingerprint density at radius 3 is 2.38 bits per heavy atom. The van der Waals surface area contributed by atoms with E-state index in [1.165, 1.54) is 13.2 Å². The second-order valence-electron chi connectivity index (χ2n) is 4.91. The third kappa shape index (κ3) is 4.17. The van der Waals surface area contributed by atoms with E-state index in [9.17, 15) is 9.59 Å². The van der Waals surface area contributed by atoms with Crippen LogP contribution in [0.4, 0.5) is 5.69 Å². The van der Waals surface area contributed by atoms with Crippen molar-refractivity contribution in [2.24, 2.45) is 0 Å². The van der Waals surface area contributed by atoms with E-state index in [1.807, 2.05) is 42.2 Å². The Kier molecular flexibility index (Phi) is 6.03. The molecule has 124 valence electrons. The summed E-state index contributed by atoms with van der Waals surface area (Å²) in [5.41, 5.74) is 1.55. The number of amides is 1. The predicted octanol–water partition coefficient (Wildman–Crippen LogP) is 3.01. The first-order valence-electron chi connectivity index (χ1n) is 7.43. The van der Waals surface area contributed by atoms with Gasteiger partial charge in [0, 0.05) is 17.8 Å². The number of methoxy groups -OCH3 is 1. The number of esters is 1. The molecule has 0 atom stereocenters. The molecule has 0 bridgehead atoms. The third-order valence-corrected chi connectivity index (χ3v) is 3.72. The van der Waals surface area contributed by atoms with Crippen LogP contribution in [0, 0.1) is 0 Å². The maximum atomic E-state index is 12.4. The fourth-order valence-corrected chi connectivity index (χ4v) is 2.52. The number of hydrogen-bond donors (Lipinski definition) is 1. The molecule has 0 aliphatic carbocycles. The van der Waals surface area contributed by atoms with Gasteiger partial charge in [0.15, 0.2) is 5.11 Å². The van der Waals surface area contributed by atoms with Gasteiger partial charge >= 0.3 is 5.97 Å². The highest BCUT2D eigenvalue weighted by atomic mass is 32.1. The first kappa shape index (κ1) is 17.6. The molecule has 0 saturated heterocycles. The van der Waals surface area contributed by atoms with Crippen LogP contribution in [0.1, 0.15) is 27.6 Å². The minimum absolute atomic E-state index is 0.303. The zero-order chi connectivity index (χ0) is 17.5. The van der Waals surface area contributed by atoms with Crippen molar-refractivity contribution in [3.05, 3.63) is 65.7 Å². The summed E-state index contributed by atoms with van der Waals surface area (Å²) in [6.07, 6.45) is 0. The predicted molar refractivity (Wildman–Crippen MR) is 97.3 cm³/mol. The molecule has 1 N–H and O–H groups in total. The molecule has 0 spiro atoms. The minimum Gasteiger partial charge on any atom is -0.465 e. The number of rotatable bonds is 4. The summed E-state index contributed by atoms with van der Waals surface area (Å²) in [5, 5.41) is 3.00. The van der Waals surface area contributed by atoms with E-state index >= 15 is 0 Å². The Bertz CT molecular complexity index is 747. The highest BCUT2D eigenvalue weighted by Crippen LogP contribution is 2.13. The lowest BCUT2D eigenvalue weighted by Crippen LogP contribution is -2.42. The fraction of sp³-hybridized carbons (Fsp3) is 0.167. The molecule has 0 heterocycles. The molecule has 0 saturated carbocycles. The van der Waals surface area contributed by atoms with Crippen LogP contribution < -0.4 is 10.2 Å². The van der Waals surface area contributed by atoms with Crippen LogP contribution in [0.2, 0.25) is 0 Å². The van der Waals surface area contributed by atoms with Crippen LogP contribution in [0.3, 0.4) is 0 Å². The maximum Gasteiger partial charge on any atom is 0.337 e. The lowest BCUT2D eigenvalue weighted by Gasteiger charge is -2.23. The summed E-state index contributed by atoms with van der Waals surface area (Å²) in [6, 6.07) is 15.9. The molecule has 1 amide bonds. The van der Waals surface area contributed by atoms with Crippen molar-refractivity contribution in [1.82, 2.24) is 5.32 Å². The summed E-state index contributed by atoms with van der Waals surface area (Å²) >= 11 is 5.34. The molecule has 24 heavy (non-hydrogen) atoms. The van der Waals surface area contributed by atoms with Crippen molar-refractivity contribution >= 4 is 34.9 Å². The molecular weight excluding hydrogens is 324 g/mol. The van der Waals surface area contributed by atoms with Crippen molar-refractivity contribution in [2.75, 3.05) is 18.6 Å². The number of anilines is 1. The van der Waals surface area contributed by atoms with Crippen LogP contribution in [0.15, 0.2) is 54.6 Å². The van der Waals surface area contributed by atoms with Crippen molar-refractivity contribution < 1.29 is 14.3 Å². The molecule has 6 heteroatoms. The summed E-state index contributed by atoms with van der Waals surface area (Å²) in [4.78, 5) is 25.8. The number of hydrogen-bond acceptors (Lipinski definition) is 4. The zero-order valence-electron chi connectivity index (χ0n) is 13.5. The van der Waals surface area contributed by atoms with Gasteiger partial charge in [0.2, 0.25) is 0 Å². The first-order chi connectivity index (χ1) is 11.6. The number of benzene rings is 2. The lowest BCUT2D eigenvalue weighted by molar-refractivity contribution is 0.0600. The Labute approximate surface area is 146 Å². The molecule has 0 aliphatic rings. The van der Waals surface area contributed by atoms with Crippen LogP contribution in [0.5, 0.6) is 0 Å². The number of ether oxygens (including phenoxy) is 1. The minimum atomic E-state index is -0.494. The van der Waals surface area contributed by atoms with Crippen molar-refractivity contribution in [3.63, 3.8) is 0 Å². The summed E-state index contributed by atoms with van der Waals surface area (Å²) < 4.78 is 4.66. The zero-order valence-corrected chi connectivity index (χ0v) is 14.3. The van der Waals surface area contributed by atoms with Crippen molar-refractivity contribution in [2.45, 2.75) is 6.92 Å². The van der Waals surface area contributed by atoms with Gasteiger partial charge in [0.1, 0.15) is 0 Å². The molecule has 0 aromatic heterocycles. The Hall–Kier alpha value is -2.73. The quantitative estimate of drug-likeness (QED) is 0.684. The van der Waals surface area contributed by atoms with Crippen molar-refractivity contribution in [3.8, 4) is 0 Å². The van der Waals surface area contributed by atoms with E-state index in [4.69, 9.17) is 12.2 Å². The van der Waals surface area contributed by atoms with Gasteiger partial charge in [-0.05, 0) is 49.5 Å². The van der Waals surface area contributed by atoms with Crippen molar-refractivity contribution in [1.29, 1.82) is 0 Å². The van der Waals surface area contributed by atoms with Crippen LogP contribution in [0.25, 0.3) is 0 Å². The van der Waals surface area contributed by atoms with E-state index in [1.54, 1.807) is 18.2 Å². The topological polar surface area (TPSA) is 58.6 Å². The lowest BCUT2D eigenvalue weighted by atomic mass is 10.1. The smallest absolute Gasteiger partial charge is 0.337 e. The van der Waals surface area contributed by atoms with E-state index < -0.39 is 5.97 Å². The van der Waals surface area contributed by atoms with Gasteiger partial charge < -0.3 is 9.64 Å². The normalized spacial score (nSPS) is 9.92.